The topological polar surface area (TPSA) is 67.4 Å². The second-order valence-corrected chi connectivity index (χ2v) is 4.68. The number of para-hydroxylation sites is 1. The number of carbonyl (C=O) groups is 2. The summed E-state index contributed by atoms with van der Waals surface area (Å²) in [6.45, 7) is 2.25. The Morgan fingerprint density at radius 2 is 1.82 bits per heavy atom. The highest BCUT2D eigenvalue weighted by Crippen LogP contribution is 2.11. The van der Waals surface area contributed by atoms with Gasteiger partial charge in [-0.3, -0.25) is 4.79 Å². The zero-order valence-electron chi connectivity index (χ0n) is 12.3. The third-order valence-corrected chi connectivity index (χ3v) is 2.93. The highest BCUT2D eigenvalue weighted by Gasteiger charge is 2.04. The molecule has 5 heteroatoms. The van der Waals surface area contributed by atoms with Gasteiger partial charge in [0.2, 0.25) is 0 Å². The molecule has 2 aromatic carbocycles. The van der Waals surface area contributed by atoms with Gasteiger partial charge in [0.05, 0.1) is 6.54 Å². The normalized spacial score (nSPS) is 9.86. The predicted octanol–water partition coefficient (Wildman–Crippen LogP) is 3.09. The van der Waals surface area contributed by atoms with E-state index in [0.29, 0.717) is 24.4 Å². The lowest BCUT2D eigenvalue weighted by Crippen LogP contribution is -2.32. The van der Waals surface area contributed by atoms with Gasteiger partial charge < -0.3 is 15.4 Å². The molecule has 22 heavy (non-hydrogen) atoms. The average Bonchev–Trinajstić information content (AvgIpc) is 2.53. The first-order valence-corrected chi connectivity index (χ1v) is 6.99. The molecular formula is C17H18N2O3. The van der Waals surface area contributed by atoms with E-state index >= 15 is 0 Å². The molecule has 0 bridgehead atoms. The van der Waals surface area contributed by atoms with Crippen LogP contribution in [0.2, 0.25) is 0 Å². The number of benzene rings is 2. The van der Waals surface area contributed by atoms with Crippen LogP contribution >= 0.6 is 0 Å². The van der Waals surface area contributed by atoms with Gasteiger partial charge in [-0.05, 0) is 31.2 Å². The molecule has 2 rings (SSSR count). The first-order valence-electron chi connectivity index (χ1n) is 6.99. The van der Waals surface area contributed by atoms with E-state index in [-0.39, 0.29) is 11.8 Å². The molecule has 0 aromatic heterocycles. The number of nitrogens with one attached hydrogen (secondary N) is 2. The molecule has 0 radical (unpaired) electrons. The van der Waals surface area contributed by atoms with E-state index in [1.807, 2.05) is 30.3 Å². The highest BCUT2D eigenvalue weighted by atomic mass is 16.5. The van der Waals surface area contributed by atoms with Crippen molar-refractivity contribution in [2.24, 2.45) is 0 Å². The van der Waals surface area contributed by atoms with E-state index in [4.69, 9.17) is 4.74 Å². The number of carbonyl (C=O) groups excluding carboxylic acids is 2. The molecule has 2 N–H and O–H groups in total. The Morgan fingerprint density at radius 3 is 2.55 bits per heavy atom. The summed E-state index contributed by atoms with van der Waals surface area (Å²) >= 11 is 0. The standard InChI is InChI=1S/C17H18N2O3/c1-13(20)14-6-5-7-15(12-14)19-17(21)18-10-11-22-16-8-3-2-4-9-16/h2-9,12H,10-11H2,1H3,(H2,18,19,21). The zero-order chi connectivity index (χ0) is 15.8. The second-order valence-electron chi connectivity index (χ2n) is 4.68. The molecule has 0 aliphatic carbocycles. The number of ether oxygens (including phenoxy) is 1. The van der Waals surface area contributed by atoms with Crippen molar-refractivity contribution in [3.8, 4) is 5.75 Å². The van der Waals surface area contributed by atoms with E-state index in [1.165, 1.54) is 6.92 Å². The van der Waals surface area contributed by atoms with Crippen molar-refractivity contribution in [2.75, 3.05) is 18.5 Å². The Labute approximate surface area is 129 Å². The number of anilines is 1. The van der Waals surface area contributed by atoms with Crippen LogP contribution in [0.4, 0.5) is 10.5 Å². The minimum absolute atomic E-state index is 0.0414. The van der Waals surface area contributed by atoms with Crippen LogP contribution in [0.5, 0.6) is 5.75 Å². The molecule has 0 aliphatic heterocycles. The molecule has 0 fully saturated rings. The van der Waals surface area contributed by atoms with Crippen molar-refractivity contribution in [2.45, 2.75) is 6.92 Å². The van der Waals surface area contributed by atoms with Crippen molar-refractivity contribution in [3.05, 3.63) is 60.2 Å². The van der Waals surface area contributed by atoms with E-state index in [2.05, 4.69) is 10.6 Å². The number of hydrogen-bond donors (Lipinski definition) is 2. The summed E-state index contributed by atoms with van der Waals surface area (Å²) < 4.78 is 5.47. The van der Waals surface area contributed by atoms with Crippen molar-refractivity contribution < 1.29 is 14.3 Å². The third-order valence-electron chi connectivity index (χ3n) is 2.93. The summed E-state index contributed by atoms with van der Waals surface area (Å²) in [6.07, 6.45) is 0. The summed E-state index contributed by atoms with van der Waals surface area (Å²) in [5, 5.41) is 5.37. The van der Waals surface area contributed by atoms with E-state index in [0.717, 1.165) is 5.75 Å². The van der Waals surface area contributed by atoms with Gasteiger partial charge >= 0.3 is 6.03 Å². The quantitative estimate of drug-likeness (QED) is 0.636. The minimum Gasteiger partial charge on any atom is -0.492 e. The van der Waals surface area contributed by atoms with E-state index in [1.54, 1.807) is 24.3 Å². The predicted molar refractivity (Wildman–Crippen MR) is 85.4 cm³/mol. The molecule has 2 aromatic rings. The second kappa shape index (κ2) is 7.83. The molecule has 0 saturated heterocycles. The van der Waals surface area contributed by atoms with Crippen LogP contribution in [-0.4, -0.2) is 25.0 Å². The molecular weight excluding hydrogens is 280 g/mol. The number of urea groups is 1. The maximum Gasteiger partial charge on any atom is 0.319 e. The highest BCUT2D eigenvalue weighted by molar-refractivity contribution is 5.96. The molecule has 2 amide bonds. The Morgan fingerprint density at radius 1 is 1.05 bits per heavy atom. The molecule has 114 valence electrons. The van der Waals surface area contributed by atoms with Gasteiger partial charge in [-0.2, -0.15) is 0 Å². The third kappa shape index (κ3) is 4.94. The molecule has 0 atom stereocenters. The lowest BCUT2D eigenvalue weighted by Gasteiger charge is -2.09. The molecule has 0 unspecified atom stereocenters. The largest absolute Gasteiger partial charge is 0.492 e. The molecule has 0 saturated carbocycles. The summed E-state index contributed by atoms with van der Waals surface area (Å²) in [6, 6.07) is 15.9. The van der Waals surface area contributed by atoms with Crippen LogP contribution in [-0.2, 0) is 0 Å². The first-order chi connectivity index (χ1) is 10.6. The van der Waals surface area contributed by atoms with Gasteiger partial charge in [0.25, 0.3) is 0 Å². The van der Waals surface area contributed by atoms with Crippen LogP contribution in [0.15, 0.2) is 54.6 Å². The summed E-state index contributed by atoms with van der Waals surface area (Å²) in [5.41, 5.74) is 1.14. The fourth-order valence-electron chi connectivity index (χ4n) is 1.84. The Balaban J connectivity index is 1.74. The average molecular weight is 298 g/mol. The fourth-order valence-corrected chi connectivity index (χ4v) is 1.84. The van der Waals surface area contributed by atoms with Crippen molar-refractivity contribution in [1.82, 2.24) is 5.32 Å². The number of Topliss-reactive ketones (excluding diaryl/α,β-unsaturated/α-hetero) is 1. The van der Waals surface area contributed by atoms with Gasteiger partial charge in [-0.25, -0.2) is 4.79 Å². The number of ketones is 1. The van der Waals surface area contributed by atoms with Crippen LogP contribution in [0.1, 0.15) is 17.3 Å². The van der Waals surface area contributed by atoms with Crippen LogP contribution in [0, 0.1) is 0 Å². The fraction of sp³-hybridized carbons (Fsp3) is 0.176. The van der Waals surface area contributed by atoms with Crippen molar-refractivity contribution >= 4 is 17.5 Å². The van der Waals surface area contributed by atoms with Crippen LogP contribution in [0.25, 0.3) is 0 Å². The van der Waals surface area contributed by atoms with Gasteiger partial charge in [0.15, 0.2) is 5.78 Å². The van der Waals surface area contributed by atoms with Crippen molar-refractivity contribution in [3.63, 3.8) is 0 Å². The maximum atomic E-state index is 11.7. The molecule has 0 spiro atoms. The molecule has 0 aliphatic rings. The number of amides is 2. The smallest absolute Gasteiger partial charge is 0.319 e. The summed E-state index contributed by atoms with van der Waals surface area (Å²) in [7, 11) is 0. The SMILES string of the molecule is CC(=O)c1cccc(NC(=O)NCCOc2ccccc2)c1. The van der Waals surface area contributed by atoms with Crippen LogP contribution < -0.4 is 15.4 Å². The molecule has 0 heterocycles. The van der Waals surface area contributed by atoms with E-state index < -0.39 is 0 Å². The summed E-state index contributed by atoms with van der Waals surface area (Å²) in [5.74, 6) is 0.721. The lowest BCUT2D eigenvalue weighted by molar-refractivity contribution is 0.101. The van der Waals surface area contributed by atoms with E-state index in [9.17, 15) is 9.59 Å². The lowest BCUT2D eigenvalue weighted by atomic mass is 10.1. The minimum atomic E-state index is -0.336. The van der Waals surface area contributed by atoms with Gasteiger partial charge in [0.1, 0.15) is 12.4 Å². The molecule has 5 nitrogen and oxygen atoms in total. The Hall–Kier alpha value is -2.82. The van der Waals surface area contributed by atoms with Gasteiger partial charge in [-0.15, -0.1) is 0 Å². The van der Waals surface area contributed by atoms with Gasteiger partial charge in [0, 0.05) is 11.3 Å². The van der Waals surface area contributed by atoms with Crippen molar-refractivity contribution in [1.29, 1.82) is 0 Å². The summed E-state index contributed by atoms with van der Waals surface area (Å²) in [4.78, 5) is 23.0. The monoisotopic (exact) mass is 298 g/mol. The number of hydrogen-bond acceptors (Lipinski definition) is 3. The Kier molecular flexibility index (Phi) is 5.54. The zero-order valence-corrected chi connectivity index (χ0v) is 12.3. The number of rotatable bonds is 6. The Bertz CT molecular complexity index is 641. The van der Waals surface area contributed by atoms with Crippen LogP contribution in [0.3, 0.4) is 0 Å². The van der Waals surface area contributed by atoms with Gasteiger partial charge in [-0.1, -0.05) is 30.3 Å². The first kappa shape index (κ1) is 15.6. The maximum absolute atomic E-state index is 11.7.